The molecule has 1 aromatic heterocycles. The van der Waals surface area contributed by atoms with Crippen LogP contribution < -0.4 is 10.3 Å². The lowest BCUT2D eigenvalue weighted by Crippen LogP contribution is -2.25. The molecule has 1 heterocycles. The van der Waals surface area contributed by atoms with Gasteiger partial charge in [0.2, 0.25) is 0 Å². The number of aromatic nitrogens is 2. The van der Waals surface area contributed by atoms with Crippen LogP contribution >= 0.6 is 22.6 Å². The molecule has 2 aromatic rings. The van der Waals surface area contributed by atoms with E-state index in [1.807, 2.05) is 22.6 Å². The predicted octanol–water partition coefficient (Wildman–Crippen LogP) is 2.04. The summed E-state index contributed by atoms with van der Waals surface area (Å²) < 4.78 is 19.8. The van der Waals surface area contributed by atoms with Crippen LogP contribution in [0.1, 0.15) is 5.56 Å². The molecule has 0 N–H and O–H groups in total. The van der Waals surface area contributed by atoms with Gasteiger partial charge in [-0.2, -0.15) is 0 Å². The van der Waals surface area contributed by atoms with Gasteiger partial charge in [0.05, 0.1) is 23.4 Å². The van der Waals surface area contributed by atoms with Crippen molar-refractivity contribution < 1.29 is 9.13 Å². The zero-order chi connectivity index (χ0) is 13.1. The molecule has 0 atom stereocenters. The van der Waals surface area contributed by atoms with E-state index in [2.05, 4.69) is 4.98 Å². The standard InChI is InChI=1S/C12H10FIN2O2/c1-18-12-15-6-10(14)11(17)16(12)7-8-2-4-9(13)5-3-8/h2-6H,7H2,1H3. The average molecular weight is 360 g/mol. The van der Waals surface area contributed by atoms with Crippen LogP contribution in [0.2, 0.25) is 0 Å². The van der Waals surface area contributed by atoms with Gasteiger partial charge in [-0.25, -0.2) is 9.37 Å². The SMILES string of the molecule is COc1ncc(I)c(=O)n1Cc1ccc(F)cc1. The molecule has 0 aliphatic rings. The highest BCUT2D eigenvalue weighted by atomic mass is 127. The van der Waals surface area contributed by atoms with Crippen molar-refractivity contribution in [3.63, 3.8) is 0 Å². The Morgan fingerprint density at radius 2 is 2.06 bits per heavy atom. The predicted molar refractivity (Wildman–Crippen MR) is 73.3 cm³/mol. The Hall–Kier alpha value is -1.44. The average Bonchev–Trinajstić information content (AvgIpc) is 2.38. The number of hydrogen-bond donors (Lipinski definition) is 0. The fourth-order valence-corrected chi connectivity index (χ4v) is 1.96. The van der Waals surface area contributed by atoms with Gasteiger partial charge in [-0.15, -0.1) is 0 Å². The van der Waals surface area contributed by atoms with Gasteiger partial charge in [-0.1, -0.05) is 12.1 Å². The maximum absolute atomic E-state index is 12.8. The lowest BCUT2D eigenvalue weighted by Gasteiger charge is -2.10. The van der Waals surface area contributed by atoms with E-state index in [0.717, 1.165) is 5.56 Å². The third-order valence-electron chi connectivity index (χ3n) is 2.41. The molecule has 18 heavy (non-hydrogen) atoms. The number of benzene rings is 1. The van der Waals surface area contributed by atoms with Crippen LogP contribution in [0.25, 0.3) is 0 Å². The lowest BCUT2D eigenvalue weighted by molar-refractivity contribution is 0.350. The Kier molecular flexibility index (Phi) is 3.95. The van der Waals surface area contributed by atoms with Crippen LogP contribution in [0.5, 0.6) is 6.01 Å². The van der Waals surface area contributed by atoms with Crippen molar-refractivity contribution in [2.75, 3.05) is 7.11 Å². The van der Waals surface area contributed by atoms with Crippen LogP contribution in [0.4, 0.5) is 4.39 Å². The smallest absolute Gasteiger partial charge is 0.299 e. The largest absolute Gasteiger partial charge is 0.468 e. The summed E-state index contributed by atoms with van der Waals surface area (Å²) in [6.07, 6.45) is 1.46. The van der Waals surface area contributed by atoms with Gasteiger partial charge in [0, 0.05) is 0 Å². The van der Waals surface area contributed by atoms with Crippen LogP contribution in [-0.4, -0.2) is 16.7 Å². The van der Waals surface area contributed by atoms with Gasteiger partial charge < -0.3 is 4.74 Å². The second kappa shape index (κ2) is 5.47. The maximum atomic E-state index is 12.8. The summed E-state index contributed by atoms with van der Waals surface area (Å²) in [5, 5.41) is 0. The first-order valence-corrected chi connectivity index (χ1v) is 6.23. The molecular weight excluding hydrogens is 350 g/mol. The Bertz CT molecular complexity index is 610. The molecule has 0 amide bonds. The number of methoxy groups -OCH3 is 1. The first-order valence-electron chi connectivity index (χ1n) is 5.15. The minimum Gasteiger partial charge on any atom is -0.468 e. The molecule has 0 fully saturated rings. The van der Waals surface area contributed by atoms with E-state index < -0.39 is 0 Å². The van der Waals surface area contributed by atoms with Gasteiger partial charge in [-0.05, 0) is 40.3 Å². The number of rotatable bonds is 3. The third kappa shape index (κ3) is 2.69. The first-order chi connectivity index (χ1) is 8.61. The van der Waals surface area contributed by atoms with Crippen molar-refractivity contribution in [3.05, 3.63) is 55.8 Å². The Labute approximate surface area is 117 Å². The number of ether oxygens (including phenoxy) is 1. The minimum absolute atomic E-state index is 0.174. The fourth-order valence-electron chi connectivity index (χ4n) is 1.53. The Balaban J connectivity index is 2.42. The molecule has 0 unspecified atom stereocenters. The summed E-state index contributed by atoms with van der Waals surface area (Å²) in [5.41, 5.74) is 0.632. The first kappa shape index (κ1) is 13.0. The molecule has 1 aromatic carbocycles. The van der Waals surface area contributed by atoms with Crippen molar-refractivity contribution in [1.29, 1.82) is 0 Å². The molecule has 94 valence electrons. The molecular formula is C12H10FIN2O2. The highest BCUT2D eigenvalue weighted by molar-refractivity contribution is 14.1. The molecule has 0 aliphatic heterocycles. The van der Waals surface area contributed by atoms with Crippen molar-refractivity contribution in [1.82, 2.24) is 9.55 Å². The normalized spacial score (nSPS) is 10.4. The van der Waals surface area contributed by atoms with Gasteiger partial charge in [-0.3, -0.25) is 9.36 Å². The van der Waals surface area contributed by atoms with E-state index >= 15 is 0 Å². The summed E-state index contributed by atoms with van der Waals surface area (Å²) >= 11 is 1.92. The van der Waals surface area contributed by atoms with Gasteiger partial charge >= 0.3 is 0 Å². The quantitative estimate of drug-likeness (QED) is 0.787. The third-order valence-corrected chi connectivity index (χ3v) is 3.15. The monoisotopic (exact) mass is 360 g/mol. The van der Waals surface area contributed by atoms with Crippen molar-refractivity contribution in [3.8, 4) is 6.01 Å². The van der Waals surface area contributed by atoms with Crippen molar-refractivity contribution in [2.45, 2.75) is 6.54 Å². The second-order valence-corrected chi connectivity index (χ2v) is 4.77. The highest BCUT2D eigenvalue weighted by Crippen LogP contribution is 2.10. The highest BCUT2D eigenvalue weighted by Gasteiger charge is 2.09. The van der Waals surface area contributed by atoms with Crippen molar-refractivity contribution >= 4 is 22.6 Å². The fraction of sp³-hybridized carbons (Fsp3) is 0.167. The summed E-state index contributed by atoms with van der Waals surface area (Å²) in [6.45, 7) is 0.298. The minimum atomic E-state index is -0.307. The maximum Gasteiger partial charge on any atom is 0.299 e. The van der Waals surface area contributed by atoms with E-state index in [4.69, 9.17) is 4.74 Å². The van der Waals surface area contributed by atoms with Crippen LogP contribution in [0.15, 0.2) is 35.3 Å². The number of nitrogens with zero attached hydrogens (tertiary/aromatic N) is 2. The molecule has 0 radical (unpaired) electrons. The van der Waals surface area contributed by atoms with E-state index in [-0.39, 0.29) is 17.4 Å². The molecule has 0 aliphatic carbocycles. The Morgan fingerprint density at radius 3 is 2.67 bits per heavy atom. The molecule has 6 heteroatoms. The summed E-state index contributed by atoms with van der Waals surface area (Å²) in [4.78, 5) is 16.0. The zero-order valence-corrected chi connectivity index (χ0v) is 11.7. The lowest BCUT2D eigenvalue weighted by atomic mass is 10.2. The summed E-state index contributed by atoms with van der Waals surface area (Å²) in [7, 11) is 1.45. The molecule has 0 saturated carbocycles. The molecule has 0 saturated heterocycles. The van der Waals surface area contributed by atoms with Gasteiger partial charge in [0.1, 0.15) is 5.82 Å². The van der Waals surface area contributed by atoms with E-state index in [9.17, 15) is 9.18 Å². The zero-order valence-electron chi connectivity index (χ0n) is 9.56. The van der Waals surface area contributed by atoms with Gasteiger partial charge in [0.15, 0.2) is 0 Å². The van der Waals surface area contributed by atoms with Crippen LogP contribution in [0.3, 0.4) is 0 Å². The Morgan fingerprint density at radius 1 is 1.39 bits per heavy atom. The molecule has 4 nitrogen and oxygen atoms in total. The second-order valence-electron chi connectivity index (χ2n) is 3.61. The molecule has 2 rings (SSSR count). The van der Waals surface area contributed by atoms with E-state index in [1.54, 1.807) is 12.1 Å². The number of hydrogen-bond acceptors (Lipinski definition) is 3. The van der Waals surface area contributed by atoms with Crippen molar-refractivity contribution in [2.24, 2.45) is 0 Å². The molecule has 0 spiro atoms. The summed E-state index contributed by atoms with van der Waals surface area (Å²) in [5.74, 6) is -0.307. The van der Waals surface area contributed by atoms with E-state index in [0.29, 0.717) is 10.1 Å². The topological polar surface area (TPSA) is 44.1 Å². The van der Waals surface area contributed by atoms with Crippen LogP contribution in [-0.2, 0) is 6.54 Å². The van der Waals surface area contributed by atoms with E-state index in [1.165, 1.54) is 30.0 Å². The van der Waals surface area contributed by atoms with Crippen LogP contribution in [0, 0.1) is 9.39 Å². The molecule has 0 bridgehead atoms. The number of halogens is 2. The van der Waals surface area contributed by atoms with Gasteiger partial charge in [0.25, 0.3) is 11.6 Å². The summed E-state index contributed by atoms with van der Waals surface area (Å²) in [6, 6.07) is 6.20.